The van der Waals surface area contributed by atoms with Gasteiger partial charge in [-0.25, -0.2) is 0 Å². The van der Waals surface area contributed by atoms with E-state index in [1.54, 1.807) is 14.2 Å². The second-order valence-electron chi connectivity index (χ2n) is 4.40. The van der Waals surface area contributed by atoms with Gasteiger partial charge in [-0.05, 0) is 23.3 Å². The largest absolute Gasteiger partial charge is 0.493 e. The van der Waals surface area contributed by atoms with Crippen LogP contribution in [0.3, 0.4) is 0 Å². The summed E-state index contributed by atoms with van der Waals surface area (Å²) in [6, 6.07) is 11.6. The summed E-state index contributed by atoms with van der Waals surface area (Å²) < 4.78 is 17.5. The van der Waals surface area contributed by atoms with Crippen molar-refractivity contribution in [3.05, 3.63) is 52.0 Å². The Morgan fingerprint density at radius 1 is 1.00 bits per heavy atom. The summed E-state index contributed by atoms with van der Waals surface area (Å²) in [5.41, 5.74) is 7.85. The van der Waals surface area contributed by atoms with Gasteiger partial charge >= 0.3 is 0 Å². The Morgan fingerprint density at radius 3 is 2.10 bits per heavy atom. The molecule has 0 aliphatic rings. The number of ether oxygens (including phenoxy) is 3. The molecule has 0 atom stereocenters. The normalized spacial score (nSPS) is 10.3. The second kappa shape index (κ2) is 7.33. The first-order chi connectivity index (χ1) is 10.2. The molecule has 0 radical (unpaired) electrons. The molecule has 0 heterocycles. The number of rotatable bonds is 6. The lowest BCUT2D eigenvalue weighted by molar-refractivity contribution is 0.265. The highest BCUT2D eigenvalue weighted by Gasteiger charge is 2.14. The van der Waals surface area contributed by atoms with E-state index in [0.717, 1.165) is 15.6 Å². The number of hydrogen-bond donors (Lipinski definition) is 1. The minimum Gasteiger partial charge on any atom is -0.493 e. The molecule has 2 aromatic carbocycles. The van der Waals surface area contributed by atoms with Crippen LogP contribution in [-0.4, -0.2) is 14.2 Å². The van der Waals surface area contributed by atoms with Crippen LogP contribution < -0.4 is 19.9 Å². The van der Waals surface area contributed by atoms with Gasteiger partial charge in [0, 0.05) is 11.0 Å². The van der Waals surface area contributed by atoms with E-state index in [1.807, 2.05) is 36.4 Å². The van der Waals surface area contributed by atoms with Crippen molar-refractivity contribution in [1.29, 1.82) is 0 Å². The zero-order chi connectivity index (χ0) is 15.2. The molecular formula is C16H18BrNO3. The van der Waals surface area contributed by atoms with Crippen LogP contribution in [0.2, 0.25) is 0 Å². The summed E-state index contributed by atoms with van der Waals surface area (Å²) in [5.74, 6) is 1.81. The van der Waals surface area contributed by atoms with Crippen LogP contribution in [0, 0.1) is 0 Å². The van der Waals surface area contributed by atoms with E-state index < -0.39 is 0 Å². The quantitative estimate of drug-likeness (QED) is 0.865. The fourth-order valence-corrected chi connectivity index (χ4v) is 2.45. The molecular weight excluding hydrogens is 334 g/mol. The zero-order valence-corrected chi connectivity index (χ0v) is 13.6. The van der Waals surface area contributed by atoms with E-state index in [9.17, 15) is 0 Å². The van der Waals surface area contributed by atoms with E-state index in [1.165, 1.54) is 0 Å². The maximum Gasteiger partial charge on any atom is 0.203 e. The topological polar surface area (TPSA) is 53.7 Å². The molecule has 112 valence electrons. The Kier molecular flexibility index (Phi) is 5.47. The first-order valence-corrected chi connectivity index (χ1v) is 7.30. The third-order valence-electron chi connectivity index (χ3n) is 3.14. The van der Waals surface area contributed by atoms with Crippen molar-refractivity contribution in [2.24, 2.45) is 5.73 Å². The Balaban J connectivity index is 2.27. The van der Waals surface area contributed by atoms with Gasteiger partial charge in [0.15, 0.2) is 11.5 Å². The molecule has 0 saturated carbocycles. The molecule has 5 heteroatoms. The molecule has 0 saturated heterocycles. The van der Waals surface area contributed by atoms with Crippen LogP contribution in [0.1, 0.15) is 11.1 Å². The molecule has 0 spiro atoms. The maximum absolute atomic E-state index is 5.91. The molecule has 21 heavy (non-hydrogen) atoms. The molecule has 0 amide bonds. The Labute approximate surface area is 132 Å². The van der Waals surface area contributed by atoms with Crippen molar-refractivity contribution in [2.75, 3.05) is 14.2 Å². The zero-order valence-electron chi connectivity index (χ0n) is 12.1. The first-order valence-electron chi connectivity index (χ1n) is 6.50. The lowest BCUT2D eigenvalue weighted by Crippen LogP contribution is -2.05. The summed E-state index contributed by atoms with van der Waals surface area (Å²) in [4.78, 5) is 0. The van der Waals surface area contributed by atoms with Gasteiger partial charge in [0.2, 0.25) is 5.75 Å². The lowest BCUT2D eigenvalue weighted by atomic mass is 10.1. The minimum atomic E-state index is 0.404. The standard InChI is InChI=1S/C16H18BrNO3/c1-19-14-7-13(17)8-15(20-2)16(14)21-10-12-6-4-3-5-11(12)9-18/h3-8H,9-10,18H2,1-2H3. The van der Waals surface area contributed by atoms with Crippen molar-refractivity contribution in [2.45, 2.75) is 13.2 Å². The summed E-state index contributed by atoms with van der Waals surface area (Å²) in [5, 5.41) is 0. The van der Waals surface area contributed by atoms with Gasteiger partial charge in [-0.15, -0.1) is 0 Å². The van der Waals surface area contributed by atoms with Gasteiger partial charge in [-0.2, -0.15) is 0 Å². The summed E-state index contributed by atoms with van der Waals surface area (Å²) in [7, 11) is 3.20. The predicted octanol–water partition coefficient (Wildman–Crippen LogP) is 3.50. The SMILES string of the molecule is COc1cc(Br)cc(OC)c1OCc1ccccc1CN. The van der Waals surface area contributed by atoms with Gasteiger partial charge in [0.05, 0.1) is 14.2 Å². The lowest BCUT2D eigenvalue weighted by Gasteiger charge is -2.16. The number of halogens is 1. The Morgan fingerprint density at radius 2 is 1.57 bits per heavy atom. The van der Waals surface area contributed by atoms with E-state index in [2.05, 4.69) is 15.9 Å². The monoisotopic (exact) mass is 351 g/mol. The maximum atomic E-state index is 5.91. The van der Waals surface area contributed by atoms with Crippen LogP contribution >= 0.6 is 15.9 Å². The van der Waals surface area contributed by atoms with Gasteiger partial charge < -0.3 is 19.9 Å². The molecule has 0 bridgehead atoms. The highest BCUT2D eigenvalue weighted by molar-refractivity contribution is 9.10. The van der Waals surface area contributed by atoms with Gasteiger partial charge in [0.25, 0.3) is 0 Å². The number of nitrogens with two attached hydrogens (primary N) is 1. The van der Waals surface area contributed by atoms with E-state index in [4.69, 9.17) is 19.9 Å². The Hall–Kier alpha value is -1.72. The van der Waals surface area contributed by atoms with E-state index in [-0.39, 0.29) is 0 Å². The minimum absolute atomic E-state index is 0.404. The number of benzene rings is 2. The average Bonchev–Trinajstić information content (AvgIpc) is 2.52. The Bertz CT molecular complexity index is 591. The summed E-state index contributed by atoms with van der Waals surface area (Å²) >= 11 is 3.42. The smallest absolute Gasteiger partial charge is 0.203 e. The third kappa shape index (κ3) is 3.68. The molecule has 4 nitrogen and oxygen atoms in total. The fourth-order valence-electron chi connectivity index (χ4n) is 2.04. The van der Waals surface area contributed by atoms with Crippen LogP contribution in [-0.2, 0) is 13.2 Å². The highest BCUT2D eigenvalue weighted by Crippen LogP contribution is 2.40. The molecule has 0 unspecified atom stereocenters. The highest BCUT2D eigenvalue weighted by atomic mass is 79.9. The molecule has 0 aliphatic carbocycles. The van der Waals surface area contributed by atoms with E-state index >= 15 is 0 Å². The van der Waals surface area contributed by atoms with E-state index in [0.29, 0.717) is 30.4 Å². The number of hydrogen-bond acceptors (Lipinski definition) is 4. The van der Waals surface area contributed by atoms with Gasteiger partial charge in [0.1, 0.15) is 6.61 Å². The second-order valence-corrected chi connectivity index (χ2v) is 5.32. The van der Waals surface area contributed by atoms with Gasteiger partial charge in [-0.1, -0.05) is 40.2 Å². The number of methoxy groups -OCH3 is 2. The molecule has 2 rings (SSSR count). The van der Waals surface area contributed by atoms with Crippen molar-refractivity contribution in [1.82, 2.24) is 0 Å². The molecule has 2 N–H and O–H groups in total. The molecule has 2 aromatic rings. The fraction of sp³-hybridized carbons (Fsp3) is 0.250. The molecule has 0 aliphatic heterocycles. The summed E-state index contributed by atoms with van der Waals surface area (Å²) in [6.07, 6.45) is 0. The molecule has 0 aromatic heterocycles. The van der Waals surface area contributed by atoms with Crippen LogP contribution in [0.5, 0.6) is 17.2 Å². The van der Waals surface area contributed by atoms with Crippen molar-refractivity contribution in [3.63, 3.8) is 0 Å². The first kappa shape index (κ1) is 15.7. The average molecular weight is 352 g/mol. The van der Waals surface area contributed by atoms with Gasteiger partial charge in [-0.3, -0.25) is 0 Å². The predicted molar refractivity (Wildman–Crippen MR) is 85.9 cm³/mol. The van der Waals surface area contributed by atoms with Crippen molar-refractivity contribution in [3.8, 4) is 17.2 Å². The molecule has 0 fully saturated rings. The van der Waals surface area contributed by atoms with Crippen LogP contribution in [0.4, 0.5) is 0 Å². The van der Waals surface area contributed by atoms with Crippen molar-refractivity contribution >= 4 is 15.9 Å². The third-order valence-corrected chi connectivity index (χ3v) is 3.59. The van der Waals surface area contributed by atoms with Crippen LogP contribution in [0.25, 0.3) is 0 Å². The summed E-state index contributed by atoms with van der Waals surface area (Å²) in [6.45, 7) is 0.885. The van der Waals surface area contributed by atoms with Crippen LogP contribution in [0.15, 0.2) is 40.9 Å². The van der Waals surface area contributed by atoms with Crippen molar-refractivity contribution < 1.29 is 14.2 Å².